The Morgan fingerprint density at radius 1 is 1.16 bits per heavy atom. The number of nitrogens with one attached hydrogen (secondary N) is 1. The van der Waals surface area contributed by atoms with E-state index in [0.717, 1.165) is 11.4 Å². The van der Waals surface area contributed by atoms with Crippen LogP contribution in [0.5, 0.6) is 6.01 Å². The van der Waals surface area contributed by atoms with Gasteiger partial charge in [-0.2, -0.15) is 15.0 Å². The zero-order valence-electron chi connectivity index (χ0n) is 10.9. The second kappa shape index (κ2) is 5.71. The number of benzene rings is 1. The fourth-order valence-electron chi connectivity index (χ4n) is 1.57. The van der Waals surface area contributed by atoms with Crippen LogP contribution >= 0.6 is 11.6 Å². The molecule has 1 aromatic carbocycles. The number of para-hydroxylation sites is 2. The number of aromatic nitrogens is 3. The lowest BCUT2D eigenvalue weighted by Crippen LogP contribution is -2.11. The molecule has 1 aromatic heterocycles. The Hall–Kier alpha value is -2.08. The minimum atomic E-state index is 0.0803. The molecule has 19 heavy (non-hydrogen) atoms. The van der Waals surface area contributed by atoms with Crippen molar-refractivity contribution >= 4 is 28.9 Å². The number of halogens is 1. The van der Waals surface area contributed by atoms with Gasteiger partial charge in [0.15, 0.2) is 0 Å². The number of rotatable bonds is 4. The first-order valence-corrected chi connectivity index (χ1v) is 5.97. The molecule has 6 nitrogen and oxygen atoms in total. The number of anilines is 3. The smallest absolute Gasteiger partial charge is 0.322 e. The maximum atomic E-state index is 5.80. The normalized spacial score (nSPS) is 10.1. The molecule has 0 aliphatic rings. The maximum Gasteiger partial charge on any atom is 0.322 e. The molecule has 100 valence electrons. The molecule has 2 aromatic rings. The summed E-state index contributed by atoms with van der Waals surface area (Å²) in [6, 6.07) is 7.98. The number of nitrogens with zero attached hydrogens (tertiary/aromatic N) is 4. The zero-order valence-corrected chi connectivity index (χ0v) is 11.6. The van der Waals surface area contributed by atoms with Crippen molar-refractivity contribution < 1.29 is 4.74 Å². The van der Waals surface area contributed by atoms with E-state index in [9.17, 15) is 0 Å². The maximum absolute atomic E-state index is 5.80. The van der Waals surface area contributed by atoms with E-state index in [1.807, 2.05) is 43.3 Å². The topological polar surface area (TPSA) is 63.2 Å². The Morgan fingerprint density at radius 3 is 2.58 bits per heavy atom. The highest BCUT2D eigenvalue weighted by Crippen LogP contribution is 2.26. The van der Waals surface area contributed by atoms with Gasteiger partial charge in [0.25, 0.3) is 0 Å². The van der Waals surface area contributed by atoms with Gasteiger partial charge in [0.1, 0.15) is 0 Å². The molecule has 0 spiro atoms. The van der Waals surface area contributed by atoms with Gasteiger partial charge in [0.05, 0.1) is 18.5 Å². The van der Waals surface area contributed by atoms with Gasteiger partial charge in [-0.05, 0) is 23.7 Å². The van der Waals surface area contributed by atoms with Crippen LogP contribution < -0.4 is 15.0 Å². The van der Waals surface area contributed by atoms with E-state index in [4.69, 9.17) is 16.3 Å². The Bertz CT molecular complexity index is 576. The SMILES string of the molecule is COc1nc(Cl)nc(Nc2ccccc2N(C)C)n1. The Kier molecular flexibility index (Phi) is 4.01. The van der Waals surface area contributed by atoms with E-state index < -0.39 is 0 Å². The van der Waals surface area contributed by atoms with Crippen molar-refractivity contribution in [3.8, 4) is 6.01 Å². The second-order valence-corrected chi connectivity index (χ2v) is 4.29. The summed E-state index contributed by atoms with van der Waals surface area (Å²) in [7, 11) is 5.40. The molecule has 0 unspecified atom stereocenters. The summed E-state index contributed by atoms with van der Waals surface area (Å²) in [6.07, 6.45) is 0. The summed E-state index contributed by atoms with van der Waals surface area (Å²) in [4.78, 5) is 13.9. The fourth-order valence-corrected chi connectivity index (χ4v) is 1.72. The molecular formula is C12H14ClN5O. The van der Waals surface area contributed by atoms with Gasteiger partial charge >= 0.3 is 6.01 Å². The number of hydrogen-bond acceptors (Lipinski definition) is 6. The molecule has 0 aliphatic heterocycles. The zero-order chi connectivity index (χ0) is 13.8. The first-order valence-electron chi connectivity index (χ1n) is 5.59. The van der Waals surface area contributed by atoms with Gasteiger partial charge in [-0.25, -0.2) is 0 Å². The summed E-state index contributed by atoms with van der Waals surface area (Å²) in [5, 5.41) is 3.18. The standard InChI is InChI=1S/C12H14ClN5O/c1-18(2)9-7-5-4-6-8(9)14-11-15-10(13)16-12(17-11)19-3/h4-7H,1-3H3,(H,14,15,16,17). The van der Waals surface area contributed by atoms with Crippen molar-refractivity contribution in [2.75, 3.05) is 31.4 Å². The molecule has 0 fully saturated rings. The van der Waals surface area contributed by atoms with Crippen LogP contribution in [0.15, 0.2) is 24.3 Å². The third kappa shape index (κ3) is 3.23. The molecular weight excluding hydrogens is 266 g/mol. The lowest BCUT2D eigenvalue weighted by Gasteiger charge is -2.17. The Morgan fingerprint density at radius 2 is 1.89 bits per heavy atom. The lowest BCUT2D eigenvalue weighted by atomic mass is 10.2. The average Bonchev–Trinajstić information content (AvgIpc) is 2.38. The third-order valence-electron chi connectivity index (χ3n) is 2.40. The average molecular weight is 280 g/mol. The van der Waals surface area contributed by atoms with Crippen LogP contribution in [0.3, 0.4) is 0 Å². The van der Waals surface area contributed by atoms with Crippen LogP contribution in [0.1, 0.15) is 0 Å². The molecule has 1 heterocycles. The van der Waals surface area contributed by atoms with Crippen molar-refractivity contribution in [1.29, 1.82) is 0 Å². The second-order valence-electron chi connectivity index (χ2n) is 3.95. The van der Waals surface area contributed by atoms with Gasteiger partial charge in [-0.3, -0.25) is 0 Å². The lowest BCUT2D eigenvalue weighted by molar-refractivity contribution is 0.379. The summed E-state index contributed by atoms with van der Waals surface area (Å²) >= 11 is 5.80. The van der Waals surface area contributed by atoms with Crippen molar-refractivity contribution in [2.24, 2.45) is 0 Å². The van der Waals surface area contributed by atoms with E-state index in [0.29, 0.717) is 5.95 Å². The minimum Gasteiger partial charge on any atom is -0.467 e. The third-order valence-corrected chi connectivity index (χ3v) is 2.57. The van der Waals surface area contributed by atoms with E-state index in [-0.39, 0.29) is 11.3 Å². The van der Waals surface area contributed by atoms with Crippen molar-refractivity contribution in [3.05, 3.63) is 29.5 Å². The molecule has 2 rings (SSSR count). The Balaban J connectivity index is 2.33. The quantitative estimate of drug-likeness (QED) is 0.927. The Labute approximate surface area is 116 Å². The molecule has 0 saturated heterocycles. The predicted octanol–water partition coefficient (Wildman–Crippen LogP) is 2.34. The molecule has 0 radical (unpaired) electrons. The molecule has 0 amide bonds. The van der Waals surface area contributed by atoms with Crippen LogP contribution in [0.4, 0.5) is 17.3 Å². The summed E-state index contributed by atoms with van der Waals surface area (Å²) < 4.78 is 4.95. The first kappa shape index (κ1) is 13.4. The summed E-state index contributed by atoms with van der Waals surface area (Å²) in [6.45, 7) is 0. The molecule has 0 aliphatic carbocycles. The first-order chi connectivity index (χ1) is 9.10. The number of ether oxygens (including phenoxy) is 1. The molecule has 0 atom stereocenters. The molecule has 7 heteroatoms. The van der Waals surface area contributed by atoms with Crippen LogP contribution in [0.25, 0.3) is 0 Å². The fraction of sp³-hybridized carbons (Fsp3) is 0.250. The van der Waals surface area contributed by atoms with Crippen LogP contribution in [0, 0.1) is 0 Å². The van der Waals surface area contributed by atoms with E-state index >= 15 is 0 Å². The van der Waals surface area contributed by atoms with Crippen molar-refractivity contribution in [1.82, 2.24) is 15.0 Å². The minimum absolute atomic E-state index is 0.0803. The molecule has 0 saturated carbocycles. The highest BCUT2D eigenvalue weighted by Gasteiger charge is 2.08. The van der Waals surface area contributed by atoms with Crippen LogP contribution in [0.2, 0.25) is 5.28 Å². The summed E-state index contributed by atoms with van der Waals surface area (Å²) in [5.41, 5.74) is 1.88. The van der Waals surface area contributed by atoms with Gasteiger partial charge in [-0.15, -0.1) is 0 Å². The summed E-state index contributed by atoms with van der Waals surface area (Å²) in [5.74, 6) is 0.339. The number of methoxy groups -OCH3 is 1. The molecule has 0 bridgehead atoms. The van der Waals surface area contributed by atoms with Gasteiger partial charge in [0.2, 0.25) is 11.2 Å². The van der Waals surface area contributed by atoms with E-state index in [1.54, 1.807) is 0 Å². The molecule has 1 N–H and O–H groups in total. The highest BCUT2D eigenvalue weighted by atomic mass is 35.5. The van der Waals surface area contributed by atoms with E-state index in [1.165, 1.54) is 7.11 Å². The monoisotopic (exact) mass is 279 g/mol. The van der Waals surface area contributed by atoms with Crippen molar-refractivity contribution in [2.45, 2.75) is 0 Å². The van der Waals surface area contributed by atoms with Crippen molar-refractivity contribution in [3.63, 3.8) is 0 Å². The van der Waals surface area contributed by atoms with E-state index in [2.05, 4.69) is 20.3 Å². The largest absolute Gasteiger partial charge is 0.467 e. The van der Waals surface area contributed by atoms with Gasteiger partial charge < -0.3 is 15.0 Å². The van der Waals surface area contributed by atoms with Crippen LogP contribution in [-0.2, 0) is 0 Å². The number of hydrogen-bond donors (Lipinski definition) is 1. The highest BCUT2D eigenvalue weighted by molar-refractivity contribution is 6.28. The predicted molar refractivity (Wildman–Crippen MR) is 75.4 cm³/mol. The van der Waals surface area contributed by atoms with Crippen LogP contribution in [-0.4, -0.2) is 36.2 Å². The van der Waals surface area contributed by atoms with Gasteiger partial charge in [-0.1, -0.05) is 12.1 Å². The van der Waals surface area contributed by atoms with Gasteiger partial charge in [0, 0.05) is 14.1 Å².